The fourth-order valence-electron chi connectivity index (χ4n) is 1.18. The number of halogens is 1. The minimum atomic E-state index is -0.530. The Balaban J connectivity index is 2.23. The second-order valence-corrected chi connectivity index (χ2v) is 3.33. The van der Waals surface area contributed by atoms with Gasteiger partial charge in [0.25, 0.3) is 0 Å². The third-order valence-corrected chi connectivity index (χ3v) is 2.48. The van der Waals surface area contributed by atoms with E-state index in [9.17, 15) is 10.1 Å². The molecule has 1 aromatic rings. The molecule has 7 heteroatoms. The molecule has 13 heavy (non-hydrogen) atoms. The Kier molecular flexibility index (Phi) is 1.95. The average molecular weight is 248 g/mol. The average Bonchev–Trinajstić information content (AvgIpc) is 2.58. The number of hydrogen-bond acceptors (Lipinski definition) is 4. The molecule has 2 heterocycles. The van der Waals surface area contributed by atoms with Crippen LogP contribution in [-0.2, 0) is 6.54 Å². The molecule has 70 valence electrons. The van der Waals surface area contributed by atoms with Crippen LogP contribution in [0.4, 0.5) is 5.82 Å². The molecule has 1 aromatic heterocycles. The maximum Gasteiger partial charge on any atom is 0.414 e. The number of aromatic nitrogens is 2. The van der Waals surface area contributed by atoms with Crippen LogP contribution in [0.5, 0.6) is 6.01 Å². The monoisotopic (exact) mass is 247 g/mol. The zero-order chi connectivity index (χ0) is 9.42. The van der Waals surface area contributed by atoms with Gasteiger partial charge in [-0.1, -0.05) is 15.9 Å². The van der Waals surface area contributed by atoms with Gasteiger partial charge in [0.1, 0.15) is 12.3 Å². The Labute approximate surface area is 81.8 Å². The van der Waals surface area contributed by atoms with Crippen LogP contribution in [0.1, 0.15) is 0 Å². The van der Waals surface area contributed by atoms with Crippen LogP contribution in [0.25, 0.3) is 0 Å². The zero-order valence-electron chi connectivity index (χ0n) is 6.51. The van der Waals surface area contributed by atoms with E-state index in [1.54, 1.807) is 4.57 Å². The molecule has 0 saturated carbocycles. The molecule has 0 N–H and O–H groups in total. The van der Waals surface area contributed by atoms with Gasteiger partial charge in [-0.25, -0.2) is 0 Å². The number of nitro groups is 1. The molecule has 0 fully saturated rings. The molecule has 0 bridgehead atoms. The lowest BCUT2D eigenvalue weighted by Crippen LogP contribution is -2.15. The van der Waals surface area contributed by atoms with Crippen LogP contribution < -0.4 is 4.74 Å². The summed E-state index contributed by atoms with van der Waals surface area (Å²) in [5.74, 6) is -0.164. The van der Waals surface area contributed by atoms with Crippen molar-refractivity contribution in [2.75, 3.05) is 5.33 Å². The van der Waals surface area contributed by atoms with E-state index in [1.165, 1.54) is 6.20 Å². The van der Waals surface area contributed by atoms with E-state index in [1.807, 2.05) is 0 Å². The summed E-state index contributed by atoms with van der Waals surface area (Å²) in [7, 11) is 0. The lowest BCUT2D eigenvalue weighted by Gasteiger charge is -2.00. The molecule has 1 atom stereocenters. The van der Waals surface area contributed by atoms with Crippen LogP contribution in [0.3, 0.4) is 0 Å². The number of nitrogens with zero attached hydrogens (tertiary/aromatic N) is 3. The van der Waals surface area contributed by atoms with Gasteiger partial charge in [-0.15, -0.1) is 0 Å². The van der Waals surface area contributed by atoms with E-state index in [4.69, 9.17) is 4.74 Å². The molecule has 6 nitrogen and oxygen atoms in total. The number of imidazole rings is 1. The quantitative estimate of drug-likeness (QED) is 0.443. The van der Waals surface area contributed by atoms with Crippen LogP contribution >= 0.6 is 15.9 Å². The van der Waals surface area contributed by atoms with Crippen molar-refractivity contribution in [3.8, 4) is 6.01 Å². The highest BCUT2D eigenvalue weighted by Gasteiger charge is 2.30. The van der Waals surface area contributed by atoms with Gasteiger partial charge >= 0.3 is 11.8 Å². The maximum atomic E-state index is 10.3. The molecular formula is C6H6BrN3O3. The Bertz CT molecular complexity index is 327. The summed E-state index contributed by atoms with van der Waals surface area (Å²) in [6.07, 6.45) is 1.42. The minimum absolute atomic E-state index is 0.0308. The third-order valence-electron chi connectivity index (χ3n) is 1.76. The highest BCUT2D eigenvalue weighted by molar-refractivity contribution is 9.09. The van der Waals surface area contributed by atoms with E-state index in [-0.39, 0.29) is 11.9 Å². The SMILES string of the molecule is O=[N+]([O-])c1cn2c(n1)O[C@H](CBr)C2. The summed E-state index contributed by atoms with van der Waals surface area (Å²) in [5.41, 5.74) is 0. The second kappa shape index (κ2) is 2.99. The van der Waals surface area contributed by atoms with E-state index in [0.29, 0.717) is 17.9 Å². The molecule has 0 aromatic carbocycles. The molecule has 2 rings (SSSR count). The molecule has 0 radical (unpaired) electrons. The third kappa shape index (κ3) is 1.39. The van der Waals surface area contributed by atoms with Gasteiger partial charge in [0.05, 0.1) is 6.54 Å². The summed E-state index contributed by atoms with van der Waals surface area (Å²) in [4.78, 5) is 13.5. The van der Waals surface area contributed by atoms with Crippen molar-refractivity contribution in [2.45, 2.75) is 12.6 Å². The van der Waals surface area contributed by atoms with E-state index in [2.05, 4.69) is 20.9 Å². The highest BCUT2D eigenvalue weighted by atomic mass is 79.9. The molecule has 0 spiro atoms. The van der Waals surface area contributed by atoms with Crippen molar-refractivity contribution in [1.82, 2.24) is 9.55 Å². The van der Waals surface area contributed by atoms with Gasteiger partial charge in [-0.05, 0) is 4.92 Å². The minimum Gasteiger partial charge on any atom is -0.440 e. The molecule has 0 unspecified atom stereocenters. The molecule has 0 saturated heterocycles. The lowest BCUT2D eigenvalue weighted by molar-refractivity contribution is -0.389. The van der Waals surface area contributed by atoms with E-state index in [0.717, 1.165) is 0 Å². The van der Waals surface area contributed by atoms with Crippen LogP contribution in [0, 0.1) is 10.1 Å². The summed E-state index contributed by atoms with van der Waals surface area (Å²) in [6.45, 7) is 0.613. The van der Waals surface area contributed by atoms with Crippen molar-refractivity contribution >= 4 is 21.7 Å². The number of ether oxygens (including phenoxy) is 1. The Hall–Kier alpha value is -1.11. The van der Waals surface area contributed by atoms with E-state index < -0.39 is 4.92 Å². The molecular weight excluding hydrogens is 242 g/mol. The fraction of sp³-hybridized carbons (Fsp3) is 0.500. The number of rotatable bonds is 2. The van der Waals surface area contributed by atoms with Crippen LogP contribution in [-0.4, -0.2) is 25.9 Å². The predicted octanol–water partition coefficient (Wildman–Crippen LogP) is 0.947. The number of hydrogen-bond donors (Lipinski definition) is 0. The first-order valence-electron chi connectivity index (χ1n) is 3.65. The molecule has 1 aliphatic rings. The van der Waals surface area contributed by atoms with Gasteiger partial charge in [-0.2, -0.15) is 0 Å². The summed E-state index contributed by atoms with van der Waals surface area (Å²) in [5, 5.41) is 11.0. The zero-order valence-corrected chi connectivity index (χ0v) is 8.10. The maximum absolute atomic E-state index is 10.3. The molecule has 0 amide bonds. The second-order valence-electron chi connectivity index (χ2n) is 2.69. The smallest absolute Gasteiger partial charge is 0.414 e. The normalized spacial score (nSPS) is 19.6. The highest BCUT2D eigenvalue weighted by Crippen LogP contribution is 2.25. The predicted molar refractivity (Wildman–Crippen MR) is 47.1 cm³/mol. The van der Waals surface area contributed by atoms with Crippen LogP contribution in [0.2, 0.25) is 0 Å². The first-order valence-corrected chi connectivity index (χ1v) is 4.77. The Morgan fingerprint density at radius 3 is 3.23 bits per heavy atom. The molecule has 0 aliphatic carbocycles. The van der Waals surface area contributed by atoms with Crippen LogP contribution in [0.15, 0.2) is 6.20 Å². The van der Waals surface area contributed by atoms with Gasteiger partial charge in [-0.3, -0.25) is 4.57 Å². The Morgan fingerprint density at radius 2 is 2.69 bits per heavy atom. The fourth-order valence-corrected chi connectivity index (χ4v) is 1.52. The summed E-state index contributed by atoms with van der Waals surface area (Å²) >= 11 is 3.27. The van der Waals surface area contributed by atoms with Gasteiger partial charge in [0.2, 0.25) is 0 Å². The van der Waals surface area contributed by atoms with Gasteiger partial charge in [0, 0.05) is 10.3 Å². The van der Waals surface area contributed by atoms with Crippen molar-refractivity contribution in [3.63, 3.8) is 0 Å². The molecule has 1 aliphatic heterocycles. The van der Waals surface area contributed by atoms with Gasteiger partial charge < -0.3 is 14.9 Å². The van der Waals surface area contributed by atoms with Gasteiger partial charge in [0.15, 0.2) is 0 Å². The first-order chi connectivity index (χ1) is 6.20. The Morgan fingerprint density at radius 1 is 1.92 bits per heavy atom. The number of fused-ring (bicyclic) bond motifs is 1. The number of alkyl halides is 1. The lowest BCUT2D eigenvalue weighted by atomic mass is 10.4. The topological polar surface area (TPSA) is 70.2 Å². The largest absolute Gasteiger partial charge is 0.440 e. The van der Waals surface area contributed by atoms with Crippen molar-refractivity contribution in [2.24, 2.45) is 0 Å². The first kappa shape index (κ1) is 8.49. The van der Waals surface area contributed by atoms with Crippen molar-refractivity contribution in [1.29, 1.82) is 0 Å². The van der Waals surface area contributed by atoms with Crippen molar-refractivity contribution in [3.05, 3.63) is 16.3 Å². The summed E-state index contributed by atoms with van der Waals surface area (Å²) < 4.78 is 6.93. The van der Waals surface area contributed by atoms with E-state index >= 15 is 0 Å². The summed E-state index contributed by atoms with van der Waals surface area (Å²) in [6, 6.07) is 0.330. The standard InChI is InChI=1S/C6H6BrN3O3/c7-1-4-2-9-3-5(10(11)12)8-6(9)13-4/h3-4H,1-2H2/t4-/m1/s1. The van der Waals surface area contributed by atoms with Crippen molar-refractivity contribution < 1.29 is 9.66 Å².